The molecule has 2 aliphatic heterocycles. The highest BCUT2D eigenvalue weighted by Gasteiger charge is 2.53. The van der Waals surface area contributed by atoms with E-state index < -0.39 is 0 Å². The van der Waals surface area contributed by atoms with E-state index in [-0.39, 0.29) is 18.2 Å². The average molecular weight is 480 g/mol. The van der Waals surface area contributed by atoms with Gasteiger partial charge in [-0.15, -0.1) is 11.8 Å². The Morgan fingerprint density at radius 3 is 2.53 bits per heavy atom. The first kappa shape index (κ1) is 22.2. The Morgan fingerprint density at radius 1 is 1.12 bits per heavy atom. The fraction of sp³-hybridized carbons (Fsp3) is 0.577. The van der Waals surface area contributed by atoms with Gasteiger partial charge in [-0.25, -0.2) is 14.8 Å². The van der Waals surface area contributed by atoms with Gasteiger partial charge < -0.3 is 14.5 Å². The molecule has 1 spiro atoms. The molecule has 4 aliphatic rings. The quantitative estimate of drug-likeness (QED) is 0.620. The van der Waals surface area contributed by atoms with Crippen molar-refractivity contribution in [2.75, 3.05) is 37.6 Å². The Bertz CT molecular complexity index is 1000. The average Bonchev–Trinajstić information content (AvgIpc) is 3.61. The lowest BCUT2D eigenvalue weighted by atomic mass is 9.61. The highest BCUT2D eigenvalue weighted by Crippen LogP contribution is 2.50. The number of hydrogen-bond donors (Lipinski definition) is 0. The van der Waals surface area contributed by atoms with Crippen LogP contribution >= 0.6 is 11.8 Å². The van der Waals surface area contributed by atoms with E-state index >= 15 is 0 Å². The van der Waals surface area contributed by atoms with Crippen molar-refractivity contribution in [1.82, 2.24) is 19.8 Å². The summed E-state index contributed by atoms with van der Waals surface area (Å²) in [6.45, 7) is 7.39. The van der Waals surface area contributed by atoms with Crippen molar-refractivity contribution < 1.29 is 9.53 Å². The van der Waals surface area contributed by atoms with Crippen LogP contribution in [0.15, 0.2) is 47.6 Å². The minimum absolute atomic E-state index is 0.0690. The number of anilines is 1. The third-order valence-electron chi connectivity index (χ3n) is 7.54. The number of thioether (sulfide) groups is 1. The van der Waals surface area contributed by atoms with Crippen LogP contribution in [0, 0.1) is 5.41 Å². The molecule has 3 heterocycles. The zero-order chi connectivity index (χ0) is 23.1. The molecule has 1 aromatic heterocycles. The fourth-order valence-electron chi connectivity index (χ4n) is 5.64. The van der Waals surface area contributed by atoms with E-state index in [0.717, 1.165) is 55.1 Å². The highest BCUT2D eigenvalue weighted by molar-refractivity contribution is 8.00. The topological polar surface area (TPSA) is 61.8 Å². The van der Waals surface area contributed by atoms with Crippen LogP contribution in [0.3, 0.4) is 0 Å². The minimum atomic E-state index is -0.163. The van der Waals surface area contributed by atoms with E-state index in [9.17, 15) is 4.79 Å². The molecular weight excluding hydrogens is 446 g/mol. The molecule has 7 nitrogen and oxygen atoms in total. The Labute approximate surface area is 205 Å². The largest absolute Gasteiger partial charge is 0.446 e. The Hall–Kier alpha value is -2.32. The summed E-state index contributed by atoms with van der Waals surface area (Å²) >= 11 is 1.87. The molecule has 1 atom stereocenters. The molecule has 2 saturated carbocycles. The van der Waals surface area contributed by atoms with Crippen molar-refractivity contribution in [2.24, 2.45) is 5.41 Å². The molecule has 1 aromatic carbocycles. The lowest BCUT2D eigenvalue weighted by molar-refractivity contribution is -0.136. The van der Waals surface area contributed by atoms with Gasteiger partial charge >= 0.3 is 6.09 Å². The van der Waals surface area contributed by atoms with Crippen LogP contribution in [0.1, 0.15) is 38.2 Å². The van der Waals surface area contributed by atoms with Crippen LogP contribution in [-0.2, 0) is 11.3 Å². The first-order valence-electron chi connectivity index (χ1n) is 12.5. The van der Waals surface area contributed by atoms with Crippen LogP contribution in [0.2, 0.25) is 0 Å². The maximum absolute atomic E-state index is 12.8. The molecule has 4 fully saturated rings. The number of aromatic nitrogens is 2. The second-order valence-electron chi connectivity index (χ2n) is 10.6. The highest BCUT2D eigenvalue weighted by atomic mass is 32.2. The van der Waals surface area contributed by atoms with Crippen molar-refractivity contribution in [2.45, 2.75) is 61.4 Å². The fourth-order valence-corrected chi connectivity index (χ4v) is 6.62. The van der Waals surface area contributed by atoms with Crippen molar-refractivity contribution in [3.8, 4) is 0 Å². The van der Waals surface area contributed by atoms with Crippen LogP contribution in [0.25, 0.3) is 0 Å². The van der Waals surface area contributed by atoms with Gasteiger partial charge in [0, 0.05) is 73.3 Å². The number of hydrogen-bond acceptors (Lipinski definition) is 7. The molecule has 8 heteroatoms. The van der Waals surface area contributed by atoms with Gasteiger partial charge in [0.15, 0.2) is 0 Å². The van der Waals surface area contributed by atoms with E-state index in [1.54, 1.807) is 0 Å². The normalized spacial score (nSPS) is 24.6. The van der Waals surface area contributed by atoms with Crippen LogP contribution in [0.5, 0.6) is 0 Å². The maximum Gasteiger partial charge on any atom is 0.410 e. The van der Waals surface area contributed by atoms with E-state index in [4.69, 9.17) is 4.74 Å². The smallest absolute Gasteiger partial charge is 0.410 e. The van der Waals surface area contributed by atoms with E-state index in [0.29, 0.717) is 18.5 Å². The predicted octanol–water partition coefficient (Wildman–Crippen LogP) is 4.04. The maximum atomic E-state index is 12.8. The summed E-state index contributed by atoms with van der Waals surface area (Å²) in [5, 5.41) is 0.756. The van der Waals surface area contributed by atoms with Crippen molar-refractivity contribution in [3.63, 3.8) is 0 Å². The lowest BCUT2D eigenvalue weighted by Crippen LogP contribution is -2.64. The van der Waals surface area contributed by atoms with Gasteiger partial charge in [-0.05, 0) is 38.2 Å². The Morgan fingerprint density at radius 2 is 1.85 bits per heavy atom. The summed E-state index contributed by atoms with van der Waals surface area (Å²) in [5.74, 6) is 0.756. The number of likely N-dealkylation sites (tertiary alicyclic amines) is 1. The number of carbonyl (C=O) groups excluding carboxylic acids is 1. The Kier molecular flexibility index (Phi) is 5.89. The molecule has 2 aromatic rings. The number of amides is 1. The summed E-state index contributed by atoms with van der Waals surface area (Å²) < 4.78 is 5.87. The monoisotopic (exact) mass is 479 g/mol. The number of nitrogens with zero attached hydrogens (tertiary/aromatic N) is 5. The number of ether oxygens (including phenoxy) is 1. The summed E-state index contributed by atoms with van der Waals surface area (Å²) in [7, 11) is 0. The van der Waals surface area contributed by atoms with Gasteiger partial charge in [0.05, 0.1) is 0 Å². The van der Waals surface area contributed by atoms with Crippen molar-refractivity contribution in [3.05, 3.63) is 48.3 Å². The van der Waals surface area contributed by atoms with E-state index in [2.05, 4.69) is 57.0 Å². The lowest BCUT2D eigenvalue weighted by Gasteiger charge is -2.58. The Balaban J connectivity index is 0.935. The minimum Gasteiger partial charge on any atom is -0.446 e. The third kappa shape index (κ3) is 4.75. The van der Waals surface area contributed by atoms with Gasteiger partial charge in [-0.1, -0.05) is 30.3 Å². The summed E-state index contributed by atoms with van der Waals surface area (Å²) in [5.41, 5.74) is 1.74. The molecule has 1 unspecified atom stereocenters. The summed E-state index contributed by atoms with van der Waals surface area (Å²) in [6.07, 6.45) is 8.38. The molecule has 34 heavy (non-hydrogen) atoms. The van der Waals surface area contributed by atoms with Crippen LogP contribution in [-0.4, -0.2) is 76.0 Å². The second kappa shape index (κ2) is 9.04. The van der Waals surface area contributed by atoms with Gasteiger partial charge in [0.25, 0.3) is 0 Å². The molecule has 2 aliphatic carbocycles. The molecule has 0 N–H and O–H groups in total. The number of carbonyl (C=O) groups is 1. The molecule has 1 amide bonds. The van der Waals surface area contributed by atoms with Crippen LogP contribution < -0.4 is 4.90 Å². The van der Waals surface area contributed by atoms with Crippen molar-refractivity contribution in [1.29, 1.82) is 0 Å². The standard InChI is InChI=1S/C26H33N5O2S/c1-19-15-30(9-10-31(19)24-27-13-23(14-28-24)34-22-7-8-22)25(32)33-21-11-26(12-21)17-29(18-26)16-20-5-3-2-4-6-20/h2-6,13-14,19,21-22H,7-12,15-18H2,1H3. The number of piperazine rings is 1. The van der Waals surface area contributed by atoms with Crippen LogP contribution in [0.4, 0.5) is 10.7 Å². The zero-order valence-corrected chi connectivity index (χ0v) is 20.6. The summed E-state index contributed by atoms with van der Waals surface area (Å²) in [6, 6.07) is 10.8. The SMILES string of the molecule is CC1CN(C(=O)OC2CC3(C2)CN(Cc2ccccc2)C3)CCN1c1ncc(SC2CC2)cn1. The van der Waals surface area contributed by atoms with Gasteiger partial charge in [0.2, 0.25) is 5.95 Å². The number of benzene rings is 1. The van der Waals surface area contributed by atoms with Gasteiger partial charge in [-0.2, -0.15) is 0 Å². The first-order valence-corrected chi connectivity index (χ1v) is 13.4. The zero-order valence-electron chi connectivity index (χ0n) is 19.8. The summed E-state index contributed by atoms with van der Waals surface area (Å²) in [4.78, 5) is 29.7. The molecule has 0 bridgehead atoms. The molecular formula is C26H33N5O2S. The molecule has 6 rings (SSSR count). The van der Waals surface area contributed by atoms with Gasteiger partial charge in [-0.3, -0.25) is 4.90 Å². The first-order chi connectivity index (χ1) is 16.6. The second-order valence-corrected chi connectivity index (χ2v) is 11.9. The van der Waals surface area contributed by atoms with Gasteiger partial charge in [0.1, 0.15) is 6.10 Å². The molecule has 0 radical (unpaired) electrons. The van der Waals surface area contributed by atoms with E-state index in [1.165, 1.54) is 18.4 Å². The van der Waals surface area contributed by atoms with Crippen molar-refractivity contribution >= 4 is 23.8 Å². The molecule has 2 saturated heterocycles. The third-order valence-corrected chi connectivity index (χ3v) is 8.83. The molecule has 180 valence electrons. The predicted molar refractivity (Wildman–Crippen MR) is 133 cm³/mol. The number of rotatable bonds is 6. The van der Waals surface area contributed by atoms with E-state index in [1.807, 2.05) is 29.1 Å².